The Morgan fingerprint density at radius 3 is 1.91 bits per heavy atom. The van der Waals surface area contributed by atoms with E-state index in [0.29, 0.717) is 17.2 Å². The summed E-state index contributed by atoms with van der Waals surface area (Å²) in [5.74, 6) is 2.58. The molecular formula is C37H57N3O4. The van der Waals surface area contributed by atoms with Gasteiger partial charge >= 0.3 is 0 Å². The number of benzene rings is 2. The molecule has 7 nitrogen and oxygen atoms in total. The quantitative estimate of drug-likeness (QED) is 0.0875. The average Bonchev–Trinajstić information content (AvgIpc) is 3.06. The van der Waals surface area contributed by atoms with E-state index >= 15 is 0 Å². The minimum atomic E-state index is -0.659. The van der Waals surface area contributed by atoms with E-state index in [1.54, 1.807) is 35.5 Å². The summed E-state index contributed by atoms with van der Waals surface area (Å²) in [5.41, 5.74) is 1.49. The van der Waals surface area contributed by atoms with Crippen molar-refractivity contribution in [3.05, 3.63) is 47.5 Å². The monoisotopic (exact) mass is 607 g/mol. The number of hydrogen-bond acceptors (Lipinski definition) is 7. The van der Waals surface area contributed by atoms with Crippen molar-refractivity contribution >= 4 is 0 Å². The Morgan fingerprint density at radius 2 is 1.36 bits per heavy atom. The third kappa shape index (κ3) is 12.0. The maximum Gasteiger partial charge on any atom is 0.203 e. The molecule has 2 aromatic rings. The second-order valence-corrected chi connectivity index (χ2v) is 11.8. The van der Waals surface area contributed by atoms with Gasteiger partial charge < -0.3 is 18.9 Å². The van der Waals surface area contributed by atoms with Crippen LogP contribution in [0, 0.1) is 11.3 Å². The molecule has 0 aromatic heterocycles. The topological polar surface area (TPSA) is 85.4 Å². The zero-order valence-corrected chi connectivity index (χ0v) is 28.3. The van der Waals surface area contributed by atoms with Crippen molar-refractivity contribution in [2.45, 2.75) is 121 Å². The van der Waals surface area contributed by atoms with Gasteiger partial charge in [-0.3, -0.25) is 0 Å². The number of ether oxygens (including phenoxy) is 4. The Bertz CT molecular complexity index is 1120. The van der Waals surface area contributed by atoms with Gasteiger partial charge in [0, 0.05) is 7.05 Å². The Hall–Kier alpha value is -3.27. The van der Waals surface area contributed by atoms with Crippen LogP contribution < -0.4 is 18.9 Å². The van der Waals surface area contributed by atoms with Crippen LogP contribution in [0.1, 0.15) is 114 Å². The molecule has 0 spiro atoms. The van der Waals surface area contributed by atoms with Crippen LogP contribution in [0.2, 0.25) is 0 Å². The van der Waals surface area contributed by atoms with Gasteiger partial charge in [0.15, 0.2) is 11.5 Å². The van der Waals surface area contributed by atoms with E-state index in [1.807, 2.05) is 24.3 Å². The number of nitriles is 1. The van der Waals surface area contributed by atoms with Crippen LogP contribution >= 0.6 is 0 Å². The summed E-state index contributed by atoms with van der Waals surface area (Å²) >= 11 is 0. The number of hydrogen-bond donors (Lipinski definition) is 0. The smallest absolute Gasteiger partial charge is 0.203 e. The molecule has 0 bridgehead atoms. The highest BCUT2D eigenvalue weighted by atomic mass is 16.5. The highest BCUT2D eigenvalue weighted by Crippen LogP contribution is 2.44. The van der Waals surface area contributed by atoms with Crippen LogP contribution in [0.25, 0.3) is 0 Å². The molecule has 2 unspecified atom stereocenters. The summed E-state index contributed by atoms with van der Waals surface area (Å²) in [6.45, 7) is 2.26. The standard InChI is InChI=1S/C37H57N3O4/c1-7-8-9-10-11-12-13-14-15-16-24-37(29-38,31-27-34(42-4)36(44-6)35(28-31)43-5)25-18-20-32(40-39-2)23-22-30-19-17-21-33(26-30)41-3/h17,19,21,26-28,32H,7-16,18,20,22-25H2,1-6H3/b40-39+. The van der Waals surface area contributed by atoms with E-state index in [9.17, 15) is 5.26 Å². The molecule has 0 amide bonds. The molecule has 0 radical (unpaired) electrons. The first-order valence-corrected chi connectivity index (χ1v) is 16.6. The molecule has 7 heteroatoms. The number of rotatable bonds is 24. The van der Waals surface area contributed by atoms with Crippen LogP contribution in [0.3, 0.4) is 0 Å². The van der Waals surface area contributed by atoms with Gasteiger partial charge in [-0.15, -0.1) is 0 Å². The lowest BCUT2D eigenvalue weighted by Gasteiger charge is -2.29. The average molecular weight is 608 g/mol. The molecule has 244 valence electrons. The fraction of sp³-hybridized carbons (Fsp3) is 0.649. The molecule has 44 heavy (non-hydrogen) atoms. The van der Waals surface area contributed by atoms with Gasteiger partial charge in [-0.1, -0.05) is 83.3 Å². The Kier molecular flexibility index (Phi) is 18.0. The third-order valence-corrected chi connectivity index (χ3v) is 8.71. The molecule has 0 aliphatic rings. The van der Waals surface area contributed by atoms with Gasteiger partial charge in [-0.25, -0.2) is 0 Å². The third-order valence-electron chi connectivity index (χ3n) is 8.71. The van der Waals surface area contributed by atoms with Gasteiger partial charge in [0.25, 0.3) is 0 Å². The zero-order chi connectivity index (χ0) is 32.0. The fourth-order valence-corrected chi connectivity index (χ4v) is 6.09. The first-order chi connectivity index (χ1) is 21.5. The molecule has 0 fully saturated rings. The van der Waals surface area contributed by atoms with Crippen molar-refractivity contribution in [1.29, 1.82) is 5.26 Å². The van der Waals surface area contributed by atoms with Crippen molar-refractivity contribution in [2.75, 3.05) is 35.5 Å². The van der Waals surface area contributed by atoms with Crippen LogP contribution in [0.5, 0.6) is 23.0 Å². The summed E-state index contributed by atoms with van der Waals surface area (Å²) in [7, 11) is 8.28. The molecule has 2 atom stereocenters. The summed E-state index contributed by atoms with van der Waals surface area (Å²) < 4.78 is 22.3. The van der Waals surface area contributed by atoms with E-state index < -0.39 is 5.41 Å². The van der Waals surface area contributed by atoms with Crippen molar-refractivity contribution < 1.29 is 18.9 Å². The van der Waals surface area contributed by atoms with Gasteiger partial charge in [0.05, 0.1) is 46.0 Å². The molecular weight excluding hydrogens is 550 g/mol. The van der Waals surface area contributed by atoms with Gasteiger partial charge in [0.2, 0.25) is 5.75 Å². The predicted molar refractivity (Wildman–Crippen MR) is 180 cm³/mol. The molecule has 0 saturated heterocycles. The van der Waals surface area contributed by atoms with Crippen molar-refractivity contribution in [3.63, 3.8) is 0 Å². The first kappa shape index (κ1) is 36.9. The number of aryl methyl sites for hydroxylation is 1. The number of unbranched alkanes of at least 4 members (excludes halogenated alkanes) is 9. The van der Waals surface area contributed by atoms with E-state index in [4.69, 9.17) is 18.9 Å². The van der Waals surface area contributed by atoms with E-state index in [-0.39, 0.29) is 6.04 Å². The molecule has 2 rings (SSSR count). The fourth-order valence-electron chi connectivity index (χ4n) is 6.09. The summed E-state index contributed by atoms with van der Waals surface area (Å²) in [6.07, 6.45) is 17.7. The zero-order valence-electron chi connectivity index (χ0n) is 28.3. The predicted octanol–water partition coefficient (Wildman–Crippen LogP) is 10.0. The highest BCUT2D eigenvalue weighted by molar-refractivity contribution is 5.56. The van der Waals surface area contributed by atoms with Crippen molar-refractivity contribution in [2.24, 2.45) is 10.2 Å². The summed E-state index contributed by atoms with van der Waals surface area (Å²) in [5, 5.41) is 19.5. The van der Waals surface area contributed by atoms with E-state index in [2.05, 4.69) is 35.4 Å². The highest BCUT2D eigenvalue weighted by Gasteiger charge is 2.34. The molecule has 0 aliphatic carbocycles. The van der Waals surface area contributed by atoms with Crippen LogP contribution in [-0.4, -0.2) is 41.5 Å². The maximum atomic E-state index is 10.8. The lowest BCUT2D eigenvalue weighted by molar-refractivity contribution is 0.321. The van der Waals surface area contributed by atoms with Gasteiger partial charge in [0.1, 0.15) is 5.75 Å². The summed E-state index contributed by atoms with van der Waals surface area (Å²) in [4.78, 5) is 0. The summed E-state index contributed by atoms with van der Waals surface area (Å²) in [6, 6.07) is 15.0. The number of nitrogens with zero attached hydrogens (tertiary/aromatic N) is 3. The van der Waals surface area contributed by atoms with Crippen molar-refractivity contribution in [1.82, 2.24) is 0 Å². The van der Waals surface area contributed by atoms with Crippen LogP contribution in [0.15, 0.2) is 46.6 Å². The Morgan fingerprint density at radius 1 is 0.750 bits per heavy atom. The largest absolute Gasteiger partial charge is 0.497 e. The normalized spacial score (nSPS) is 13.3. The van der Waals surface area contributed by atoms with Crippen LogP contribution in [-0.2, 0) is 11.8 Å². The van der Waals surface area contributed by atoms with Crippen LogP contribution in [0.4, 0.5) is 0 Å². The lowest BCUT2D eigenvalue weighted by Crippen LogP contribution is -2.25. The second-order valence-electron chi connectivity index (χ2n) is 11.8. The van der Waals surface area contributed by atoms with Crippen molar-refractivity contribution in [3.8, 4) is 29.1 Å². The van der Waals surface area contributed by atoms with Gasteiger partial charge in [-0.2, -0.15) is 15.5 Å². The molecule has 0 heterocycles. The molecule has 0 aliphatic heterocycles. The maximum absolute atomic E-state index is 10.8. The second kappa shape index (κ2) is 21.4. The number of methoxy groups -OCH3 is 4. The molecule has 0 N–H and O–H groups in total. The minimum Gasteiger partial charge on any atom is -0.497 e. The van der Waals surface area contributed by atoms with E-state index in [0.717, 1.165) is 62.7 Å². The van der Waals surface area contributed by atoms with Gasteiger partial charge in [-0.05, 0) is 73.9 Å². The number of azo groups is 1. The SMILES string of the molecule is CCCCCCCCCCCCC(C#N)(CCCC(CCc1cccc(OC)c1)/N=N/C)c1cc(OC)c(OC)c(OC)c1. The minimum absolute atomic E-state index is 0.0971. The Balaban J connectivity index is 2.13. The molecule has 2 aromatic carbocycles. The van der Waals surface area contributed by atoms with E-state index in [1.165, 1.54) is 56.9 Å². The first-order valence-electron chi connectivity index (χ1n) is 16.6. The lowest BCUT2D eigenvalue weighted by atomic mass is 9.73. The Labute approximate surface area is 267 Å². The molecule has 0 saturated carbocycles.